The fourth-order valence-electron chi connectivity index (χ4n) is 2.20. The Morgan fingerprint density at radius 3 is 2.88 bits per heavy atom. The molecule has 0 unspecified atom stereocenters. The molecule has 3 aromatic rings. The second-order valence-corrected chi connectivity index (χ2v) is 7.33. The second kappa shape index (κ2) is 7.71. The van der Waals surface area contributed by atoms with Crippen LogP contribution in [0.25, 0.3) is 10.2 Å². The summed E-state index contributed by atoms with van der Waals surface area (Å²) in [6.07, 6.45) is 1.56. The average Bonchev–Trinajstić information content (AvgIpc) is 3.25. The van der Waals surface area contributed by atoms with E-state index in [2.05, 4.69) is 4.98 Å². The van der Waals surface area contributed by atoms with Crippen LogP contribution in [-0.2, 0) is 16.1 Å². The first kappa shape index (κ1) is 17.5. The van der Waals surface area contributed by atoms with Gasteiger partial charge in [0.05, 0.1) is 35.9 Å². The van der Waals surface area contributed by atoms with Gasteiger partial charge in [0.15, 0.2) is 10.2 Å². The van der Waals surface area contributed by atoms with Gasteiger partial charge in [-0.3, -0.25) is 14.5 Å². The number of anilines is 1. The molecule has 25 heavy (non-hydrogen) atoms. The maximum atomic E-state index is 12.6. The third kappa shape index (κ3) is 4.21. The number of benzene rings is 1. The molecule has 0 fully saturated rings. The zero-order chi connectivity index (χ0) is 17.8. The molecule has 0 aliphatic heterocycles. The molecule has 8 heteroatoms. The summed E-state index contributed by atoms with van der Waals surface area (Å²) in [5.41, 5.74) is 0.789. The van der Waals surface area contributed by atoms with Gasteiger partial charge in [-0.2, -0.15) is 0 Å². The van der Waals surface area contributed by atoms with Crippen molar-refractivity contribution in [1.29, 1.82) is 0 Å². The Balaban J connectivity index is 1.92. The summed E-state index contributed by atoms with van der Waals surface area (Å²) in [5, 5.41) is 0.467. The van der Waals surface area contributed by atoms with E-state index in [0.29, 0.717) is 10.9 Å². The first-order valence-electron chi connectivity index (χ1n) is 7.47. The molecule has 1 aromatic carbocycles. The molecule has 0 bridgehead atoms. The minimum Gasteiger partial charge on any atom is -0.497 e. The number of fused-ring (bicyclic) bond motifs is 1. The van der Waals surface area contributed by atoms with Crippen LogP contribution in [0, 0.1) is 0 Å². The number of methoxy groups -OCH3 is 1. The molecule has 1 amide bonds. The highest BCUT2D eigenvalue weighted by atomic mass is 32.2. The lowest BCUT2D eigenvalue weighted by atomic mass is 10.3. The summed E-state index contributed by atoms with van der Waals surface area (Å²) < 4.78 is 11.5. The highest BCUT2D eigenvalue weighted by Gasteiger charge is 2.22. The number of hydrogen-bond donors (Lipinski definition) is 0. The number of ether oxygens (including phenoxy) is 1. The van der Waals surface area contributed by atoms with Gasteiger partial charge in [0, 0.05) is 6.92 Å². The van der Waals surface area contributed by atoms with Gasteiger partial charge in [0.2, 0.25) is 5.91 Å². The maximum Gasteiger partial charge on any atom is 0.239 e. The van der Waals surface area contributed by atoms with Crippen molar-refractivity contribution in [3.63, 3.8) is 0 Å². The SMILES string of the molecule is COc1ccc2nc(N(Cc3ccco3)C(=O)CSC(C)=O)sc2c1. The van der Waals surface area contributed by atoms with Crippen LogP contribution in [-0.4, -0.2) is 28.9 Å². The predicted octanol–water partition coefficient (Wildman–Crippen LogP) is 3.71. The Bertz CT molecular complexity index is 889. The Labute approximate surface area is 152 Å². The van der Waals surface area contributed by atoms with Gasteiger partial charge < -0.3 is 9.15 Å². The highest BCUT2D eigenvalue weighted by molar-refractivity contribution is 8.14. The Kier molecular flexibility index (Phi) is 5.40. The second-order valence-electron chi connectivity index (χ2n) is 5.17. The fourth-order valence-corrected chi connectivity index (χ4v) is 3.69. The number of rotatable bonds is 6. The topological polar surface area (TPSA) is 72.6 Å². The standard InChI is InChI=1S/C17H16N2O4S2/c1-11(20)24-10-16(21)19(9-13-4-3-7-23-13)17-18-14-6-5-12(22-2)8-15(14)25-17/h3-8H,9-10H2,1-2H3. The summed E-state index contributed by atoms with van der Waals surface area (Å²) in [5.74, 6) is 1.26. The van der Waals surface area contributed by atoms with Crippen molar-refractivity contribution in [2.45, 2.75) is 13.5 Å². The number of thioether (sulfide) groups is 1. The lowest BCUT2D eigenvalue weighted by Crippen LogP contribution is -2.32. The normalized spacial score (nSPS) is 10.8. The minimum atomic E-state index is -0.192. The molecule has 0 aliphatic carbocycles. The molecule has 0 atom stereocenters. The number of carbonyl (C=O) groups is 2. The number of furan rings is 1. The van der Waals surface area contributed by atoms with Gasteiger partial charge in [0.25, 0.3) is 0 Å². The summed E-state index contributed by atoms with van der Waals surface area (Å²) in [6.45, 7) is 1.71. The van der Waals surface area contributed by atoms with Crippen molar-refractivity contribution < 1.29 is 18.7 Å². The molecule has 2 heterocycles. The third-order valence-electron chi connectivity index (χ3n) is 3.41. The van der Waals surface area contributed by atoms with Gasteiger partial charge in [-0.05, 0) is 30.3 Å². The Morgan fingerprint density at radius 2 is 2.20 bits per heavy atom. The van der Waals surface area contributed by atoms with Gasteiger partial charge in [0.1, 0.15) is 11.5 Å². The van der Waals surface area contributed by atoms with Crippen LogP contribution in [0.5, 0.6) is 5.75 Å². The largest absolute Gasteiger partial charge is 0.497 e. The van der Waals surface area contributed by atoms with Crippen molar-refractivity contribution in [2.24, 2.45) is 0 Å². The van der Waals surface area contributed by atoms with E-state index in [1.54, 1.807) is 30.4 Å². The van der Waals surface area contributed by atoms with Crippen molar-refractivity contribution in [1.82, 2.24) is 4.98 Å². The van der Waals surface area contributed by atoms with Crippen molar-refractivity contribution in [2.75, 3.05) is 17.8 Å². The van der Waals surface area contributed by atoms with E-state index in [4.69, 9.17) is 9.15 Å². The van der Waals surface area contributed by atoms with E-state index >= 15 is 0 Å². The summed E-state index contributed by atoms with van der Waals surface area (Å²) in [4.78, 5) is 29.9. The average molecular weight is 376 g/mol. The van der Waals surface area contributed by atoms with Crippen LogP contribution in [0.15, 0.2) is 41.0 Å². The fraction of sp³-hybridized carbons (Fsp3) is 0.235. The molecule has 0 N–H and O–H groups in total. The van der Waals surface area contributed by atoms with Gasteiger partial charge in [-0.25, -0.2) is 4.98 Å². The monoisotopic (exact) mass is 376 g/mol. The van der Waals surface area contributed by atoms with Crippen LogP contribution in [0.4, 0.5) is 5.13 Å². The third-order valence-corrected chi connectivity index (χ3v) is 5.25. The lowest BCUT2D eigenvalue weighted by Gasteiger charge is -2.18. The van der Waals surface area contributed by atoms with E-state index in [1.807, 2.05) is 18.2 Å². The molecule has 0 saturated carbocycles. The molecule has 3 rings (SSSR count). The summed E-state index contributed by atoms with van der Waals surface area (Å²) in [6, 6.07) is 9.14. The van der Waals surface area contributed by atoms with E-state index in [9.17, 15) is 9.59 Å². The Hall–Kier alpha value is -2.32. The maximum absolute atomic E-state index is 12.6. The van der Waals surface area contributed by atoms with Crippen LogP contribution in [0.2, 0.25) is 0 Å². The van der Waals surface area contributed by atoms with Crippen LogP contribution >= 0.6 is 23.1 Å². The number of amides is 1. The van der Waals surface area contributed by atoms with Crippen LogP contribution in [0.3, 0.4) is 0 Å². The molecular formula is C17H16N2O4S2. The van der Waals surface area contributed by atoms with Crippen molar-refractivity contribution in [3.8, 4) is 5.75 Å². The van der Waals surface area contributed by atoms with E-state index < -0.39 is 0 Å². The molecule has 2 aromatic heterocycles. The van der Waals surface area contributed by atoms with Crippen LogP contribution < -0.4 is 9.64 Å². The van der Waals surface area contributed by atoms with E-state index in [-0.39, 0.29) is 23.3 Å². The number of carbonyl (C=O) groups excluding carboxylic acids is 2. The first-order chi connectivity index (χ1) is 12.1. The summed E-state index contributed by atoms with van der Waals surface area (Å²) >= 11 is 2.38. The molecule has 130 valence electrons. The number of nitrogens with zero attached hydrogens (tertiary/aromatic N) is 2. The van der Waals surface area contributed by atoms with E-state index in [1.165, 1.54) is 18.3 Å². The van der Waals surface area contributed by atoms with Crippen molar-refractivity contribution in [3.05, 3.63) is 42.4 Å². The number of hydrogen-bond acceptors (Lipinski definition) is 7. The Morgan fingerprint density at radius 1 is 1.36 bits per heavy atom. The van der Waals surface area contributed by atoms with Gasteiger partial charge in [-0.1, -0.05) is 23.1 Å². The van der Waals surface area contributed by atoms with Crippen molar-refractivity contribution >= 4 is 49.5 Å². The summed E-state index contributed by atoms with van der Waals surface area (Å²) in [7, 11) is 1.61. The molecule has 0 spiro atoms. The van der Waals surface area contributed by atoms with E-state index in [0.717, 1.165) is 27.7 Å². The van der Waals surface area contributed by atoms with Crippen LogP contribution in [0.1, 0.15) is 12.7 Å². The zero-order valence-electron chi connectivity index (χ0n) is 13.7. The van der Waals surface area contributed by atoms with Gasteiger partial charge >= 0.3 is 0 Å². The molecular weight excluding hydrogens is 360 g/mol. The number of aromatic nitrogens is 1. The quantitative estimate of drug-likeness (QED) is 0.653. The molecule has 0 radical (unpaired) electrons. The molecule has 6 nitrogen and oxygen atoms in total. The predicted molar refractivity (Wildman–Crippen MR) is 99.2 cm³/mol. The smallest absolute Gasteiger partial charge is 0.239 e. The van der Waals surface area contributed by atoms with Gasteiger partial charge in [-0.15, -0.1) is 0 Å². The molecule has 0 saturated heterocycles. The highest BCUT2D eigenvalue weighted by Crippen LogP contribution is 2.32. The minimum absolute atomic E-state index is 0.0648. The first-order valence-corrected chi connectivity index (χ1v) is 9.27. The lowest BCUT2D eigenvalue weighted by molar-refractivity contribution is -0.116. The molecule has 0 aliphatic rings. The number of thiazole rings is 1. The zero-order valence-corrected chi connectivity index (χ0v) is 15.4.